The summed E-state index contributed by atoms with van der Waals surface area (Å²) < 4.78 is 7.93. The van der Waals surface area contributed by atoms with Gasteiger partial charge < -0.3 is 14.6 Å². The number of nitrogens with one attached hydrogen (secondary N) is 1. The molecule has 2 heterocycles. The number of carbonyl (C=O) groups excluding carboxylic acids is 1. The van der Waals surface area contributed by atoms with Crippen LogP contribution in [0.2, 0.25) is 0 Å². The van der Waals surface area contributed by atoms with Crippen molar-refractivity contribution in [3.05, 3.63) is 52.8 Å². The van der Waals surface area contributed by atoms with E-state index in [4.69, 9.17) is 4.74 Å². The summed E-state index contributed by atoms with van der Waals surface area (Å²) in [5.41, 5.74) is 4.10. The lowest BCUT2D eigenvalue weighted by Gasteiger charge is -2.12. The molecule has 0 spiro atoms. The number of aryl methyl sites for hydroxylation is 1. The molecule has 22 heavy (non-hydrogen) atoms. The molecule has 0 radical (unpaired) electrons. The van der Waals surface area contributed by atoms with E-state index >= 15 is 0 Å². The maximum absolute atomic E-state index is 12.7. The summed E-state index contributed by atoms with van der Waals surface area (Å²) >= 11 is 0. The zero-order valence-corrected chi connectivity index (χ0v) is 12.9. The van der Waals surface area contributed by atoms with Gasteiger partial charge in [0.25, 0.3) is 5.91 Å². The standard InChI is InChI=1S/C18H20N2O2/c1-11-9-15(12(2)20(11)13-7-8-13)18(21)19-16-10-22-17-6-4-3-5-14(16)17/h3-6,9,13,16H,7-8,10H2,1-2H3,(H,19,21)/t16-/m1/s1. The maximum Gasteiger partial charge on any atom is 0.253 e. The Hall–Kier alpha value is -2.23. The molecule has 4 rings (SSSR count). The molecule has 1 amide bonds. The minimum absolute atomic E-state index is 0.00898. The van der Waals surface area contributed by atoms with Crippen LogP contribution in [0, 0.1) is 13.8 Å². The number of aromatic nitrogens is 1. The minimum atomic E-state index is -0.0623. The van der Waals surface area contributed by atoms with Crippen LogP contribution in [0.25, 0.3) is 0 Å². The second-order valence-corrected chi connectivity index (χ2v) is 6.26. The van der Waals surface area contributed by atoms with Gasteiger partial charge in [-0.2, -0.15) is 0 Å². The highest BCUT2D eigenvalue weighted by atomic mass is 16.5. The van der Waals surface area contributed by atoms with E-state index in [1.807, 2.05) is 37.3 Å². The van der Waals surface area contributed by atoms with Crippen molar-refractivity contribution in [2.24, 2.45) is 0 Å². The van der Waals surface area contributed by atoms with Gasteiger partial charge in [0.15, 0.2) is 0 Å². The third-order valence-corrected chi connectivity index (χ3v) is 4.65. The van der Waals surface area contributed by atoms with Gasteiger partial charge in [0, 0.05) is 23.0 Å². The van der Waals surface area contributed by atoms with E-state index in [-0.39, 0.29) is 11.9 Å². The van der Waals surface area contributed by atoms with Crippen LogP contribution < -0.4 is 10.1 Å². The van der Waals surface area contributed by atoms with Gasteiger partial charge in [-0.3, -0.25) is 4.79 Å². The first-order valence-electron chi connectivity index (χ1n) is 7.86. The number of carbonyl (C=O) groups is 1. The molecule has 4 heteroatoms. The Kier molecular flexibility index (Phi) is 2.99. The van der Waals surface area contributed by atoms with Crippen LogP contribution in [-0.2, 0) is 0 Å². The average molecular weight is 296 g/mol. The van der Waals surface area contributed by atoms with Crippen LogP contribution in [0.15, 0.2) is 30.3 Å². The Morgan fingerprint density at radius 1 is 1.27 bits per heavy atom. The van der Waals surface area contributed by atoms with E-state index in [0.29, 0.717) is 12.6 Å². The molecule has 2 aliphatic rings. The molecule has 1 atom stereocenters. The number of nitrogens with zero attached hydrogens (tertiary/aromatic N) is 1. The van der Waals surface area contributed by atoms with Crippen LogP contribution in [0.1, 0.15) is 52.2 Å². The minimum Gasteiger partial charge on any atom is -0.491 e. The van der Waals surface area contributed by atoms with Crippen molar-refractivity contribution in [2.45, 2.75) is 38.8 Å². The molecule has 1 N–H and O–H groups in total. The van der Waals surface area contributed by atoms with Crippen LogP contribution in [0.5, 0.6) is 5.75 Å². The molecule has 2 aromatic rings. The van der Waals surface area contributed by atoms with E-state index in [9.17, 15) is 4.79 Å². The largest absolute Gasteiger partial charge is 0.491 e. The van der Waals surface area contributed by atoms with Gasteiger partial charge in [0.1, 0.15) is 12.4 Å². The quantitative estimate of drug-likeness (QED) is 0.944. The summed E-state index contributed by atoms with van der Waals surface area (Å²) in [6.07, 6.45) is 2.45. The number of hydrogen-bond donors (Lipinski definition) is 1. The predicted octanol–water partition coefficient (Wildman–Crippen LogP) is 3.30. The van der Waals surface area contributed by atoms with Gasteiger partial charge in [-0.05, 0) is 38.8 Å². The van der Waals surface area contributed by atoms with E-state index in [2.05, 4.69) is 16.8 Å². The Balaban J connectivity index is 1.57. The Labute approximate surface area is 130 Å². The smallest absolute Gasteiger partial charge is 0.253 e. The lowest BCUT2D eigenvalue weighted by molar-refractivity contribution is 0.0929. The molecule has 1 aromatic heterocycles. The summed E-state index contributed by atoms with van der Waals surface area (Å²) in [6, 6.07) is 10.4. The highest BCUT2D eigenvalue weighted by Crippen LogP contribution is 2.38. The van der Waals surface area contributed by atoms with Crippen molar-refractivity contribution in [1.29, 1.82) is 0 Å². The van der Waals surface area contributed by atoms with Gasteiger partial charge in [-0.25, -0.2) is 0 Å². The molecule has 1 fully saturated rings. The Morgan fingerprint density at radius 2 is 2.05 bits per heavy atom. The second kappa shape index (κ2) is 4.90. The highest BCUT2D eigenvalue weighted by Gasteiger charge is 2.30. The number of fused-ring (bicyclic) bond motifs is 1. The van der Waals surface area contributed by atoms with E-state index in [1.54, 1.807) is 0 Å². The molecule has 1 aliphatic carbocycles. The topological polar surface area (TPSA) is 43.3 Å². The third-order valence-electron chi connectivity index (χ3n) is 4.65. The lowest BCUT2D eigenvalue weighted by Crippen LogP contribution is -2.29. The second-order valence-electron chi connectivity index (χ2n) is 6.26. The van der Waals surface area contributed by atoms with Crippen molar-refractivity contribution in [3.63, 3.8) is 0 Å². The molecule has 1 aliphatic heterocycles. The van der Waals surface area contributed by atoms with Crippen molar-refractivity contribution >= 4 is 5.91 Å². The fraction of sp³-hybridized carbons (Fsp3) is 0.389. The number of hydrogen-bond acceptors (Lipinski definition) is 2. The van der Waals surface area contributed by atoms with Gasteiger partial charge >= 0.3 is 0 Å². The first-order valence-corrected chi connectivity index (χ1v) is 7.86. The van der Waals surface area contributed by atoms with Gasteiger partial charge in [-0.15, -0.1) is 0 Å². The molecular formula is C18H20N2O2. The van der Waals surface area contributed by atoms with Crippen LogP contribution in [0.4, 0.5) is 0 Å². The van der Waals surface area contributed by atoms with Gasteiger partial charge in [-0.1, -0.05) is 18.2 Å². The number of rotatable bonds is 3. The number of amides is 1. The van der Waals surface area contributed by atoms with Crippen molar-refractivity contribution in [2.75, 3.05) is 6.61 Å². The fourth-order valence-electron chi connectivity index (χ4n) is 3.42. The summed E-state index contributed by atoms with van der Waals surface area (Å²) in [6.45, 7) is 4.63. The summed E-state index contributed by atoms with van der Waals surface area (Å²) in [7, 11) is 0. The van der Waals surface area contributed by atoms with Gasteiger partial charge in [0.05, 0.1) is 11.6 Å². The molecule has 0 bridgehead atoms. The fourth-order valence-corrected chi connectivity index (χ4v) is 3.42. The highest BCUT2D eigenvalue weighted by molar-refractivity contribution is 5.96. The maximum atomic E-state index is 12.7. The normalized spacial score (nSPS) is 19.6. The number of para-hydroxylation sites is 1. The van der Waals surface area contributed by atoms with E-state index in [1.165, 1.54) is 18.5 Å². The average Bonchev–Trinajstić information content (AvgIpc) is 3.19. The van der Waals surface area contributed by atoms with Crippen molar-refractivity contribution < 1.29 is 9.53 Å². The summed E-state index contributed by atoms with van der Waals surface area (Å²) in [4.78, 5) is 12.7. The molecule has 1 saturated carbocycles. The Bertz CT molecular complexity index is 744. The van der Waals surface area contributed by atoms with E-state index in [0.717, 1.165) is 22.6 Å². The third kappa shape index (κ3) is 2.10. The molecule has 0 saturated heterocycles. The SMILES string of the molecule is Cc1cc(C(=O)N[C@@H]2COc3ccccc32)c(C)n1C1CC1. The van der Waals surface area contributed by atoms with Crippen LogP contribution >= 0.6 is 0 Å². The molecule has 1 aromatic carbocycles. The van der Waals surface area contributed by atoms with Crippen LogP contribution in [0.3, 0.4) is 0 Å². The zero-order chi connectivity index (χ0) is 15.3. The van der Waals surface area contributed by atoms with Crippen molar-refractivity contribution in [3.8, 4) is 5.75 Å². The molecule has 114 valence electrons. The summed E-state index contributed by atoms with van der Waals surface area (Å²) in [5.74, 6) is 0.863. The zero-order valence-electron chi connectivity index (χ0n) is 12.9. The lowest BCUT2D eigenvalue weighted by atomic mass is 10.1. The van der Waals surface area contributed by atoms with E-state index < -0.39 is 0 Å². The molecular weight excluding hydrogens is 276 g/mol. The first kappa shape index (κ1) is 13.4. The van der Waals surface area contributed by atoms with Crippen molar-refractivity contribution in [1.82, 2.24) is 9.88 Å². The van der Waals surface area contributed by atoms with Gasteiger partial charge in [0.2, 0.25) is 0 Å². The summed E-state index contributed by atoms with van der Waals surface area (Å²) in [5, 5.41) is 3.11. The molecule has 0 unspecified atom stereocenters. The number of ether oxygens (including phenoxy) is 1. The number of benzene rings is 1. The monoisotopic (exact) mass is 296 g/mol. The van der Waals surface area contributed by atoms with Crippen LogP contribution in [-0.4, -0.2) is 17.1 Å². The predicted molar refractivity (Wildman–Crippen MR) is 84.3 cm³/mol. The molecule has 4 nitrogen and oxygen atoms in total. The first-order chi connectivity index (χ1) is 10.6. The Morgan fingerprint density at radius 3 is 2.82 bits per heavy atom.